The van der Waals surface area contributed by atoms with Crippen LogP contribution in [0.5, 0.6) is 5.75 Å². The number of benzene rings is 1. The fraction of sp³-hybridized carbons (Fsp3) is 0.438. The second-order valence-corrected chi connectivity index (χ2v) is 5.92. The summed E-state index contributed by atoms with van der Waals surface area (Å²) in [6, 6.07) is 2.98. The number of likely N-dealkylation sites (N-methyl/N-ethyl adjacent to an activating group) is 1. The largest absolute Gasteiger partial charge is 0.492 e. The van der Waals surface area contributed by atoms with E-state index in [4.69, 9.17) is 4.74 Å². The van der Waals surface area contributed by atoms with Gasteiger partial charge in [0.1, 0.15) is 30.0 Å². The quantitative estimate of drug-likeness (QED) is 0.810. The summed E-state index contributed by atoms with van der Waals surface area (Å²) < 4.78 is 33.2. The number of hydrogen-bond acceptors (Lipinski definition) is 5. The molecule has 25 heavy (non-hydrogen) atoms. The number of hydrogen-bond donors (Lipinski definition) is 1. The molecule has 7 nitrogen and oxygen atoms in total. The van der Waals surface area contributed by atoms with E-state index >= 15 is 0 Å². The fourth-order valence-electron chi connectivity index (χ4n) is 2.74. The van der Waals surface area contributed by atoms with Crippen LogP contribution in [0.2, 0.25) is 0 Å². The fourth-order valence-corrected chi connectivity index (χ4v) is 2.74. The summed E-state index contributed by atoms with van der Waals surface area (Å²) in [5, 5.41) is 10.9. The number of nitrogens with zero attached hydrogens (tertiary/aromatic N) is 4. The van der Waals surface area contributed by atoms with Crippen LogP contribution >= 0.6 is 0 Å². The average molecular weight is 351 g/mol. The number of carbonyl (C=O) groups is 1. The zero-order chi connectivity index (χ0) is 18.0. The Morgan fingerprint density at radius 1 is 1.36 bits per heavy atom. The number of nitrogens with one attached hydrogen (secondary N) is 1. The van der Waals surface area contributed by atoms with Crippen molar-refractivity contribution in [2.45, 2.75) is 26.1 Å². The van der Waals surface area contributed by atoms with Gasteiger partial charge in [-0.25, -0.2) is 8.78 Å². The first-order valence-electron chi connectivity index (χ1n) is 7.90. The summed E-state index contributed by atoms with van der Waals surface area (Å²) in [6.07, 6.45) is 0. The van der Waals surface area contributed by atoms with Crippen molar-refractivity contribution in [3.8, 4) is 5.75 Å². The number of rotatable bonds is 5. The van der Waals surface area contributed by atoms with Gasteiger partial charge in [-0.1, -0.05) is 0 Å². The summed E-state index contributed by atoms with van der Waals surface area (Å²) in [7, 11) is 1.86. The van der Waals surface area contributed by atoms with Crippen LogP contribution in [-0.4, -0.2) is 51.8 Å². The molecule has 9 heteroatoms. The lowest BCUT2D eigenvalue weighted by Gasteiger charge is -2.32. The van der Waals surface area contributed by atoms with E-state index in [1.54, 1.807) is 0 Å². The summed E-state index contributed by atoms with van der Waals surface area (Å²) >= 11 is 0. The van der Waals surface area contributed by atoms with Gasteiger partial charge in [-0.05, 0) is 26.1 Å². The monoisotopic (exact) mass is 351 g/mol. The molecule has 0 radical (unpaired) electrons. The average Bonchev–Trinajstić information content (AvgIpc) is 2.94. The molecule has 1 aliphatic heterocycles. The van der Waals surface area contributed by atoms with Crippen molar-refractivity contribution in [3.63, 3.8) is 0 Å². The maximum Gasteiger partial charge on any atom is 0.239 e. The van der Waals surface area contributed by atoms with E-state index in [1.165, 1.54) is 6.07 Å². The first-order chi connectivity index (χ1) is 12.0. The molecule has 1 aliphatic rings. The molecule has 1 unspecified atom stereocenters. The predicted octanol–water partition coefficient (Wildman–Crippen LogP) is 0.874. The lowest BCUT2D eigenvalue weighted by atomic mass is 10.2. The van der Waals surface area contributed by atoms with Crippen molar-refractivity contribution in [1.29, 1.82) is 0 Å². The molecule has 134 valence electrons. The molecule has 0 saturated carbocycles. The van der Waals surface area contributed by atoms with Gasteiger partial charge in [0.25, 0.3) is 0 Å². The number of fused-ring (bicyclic) bond motifs is 1. The molecule has 2 heterocycles. The van der Waals surface area contributed by atoms with Crippen molar-refractivity contribution in [2.24, 2.45) is 0 Å². The van der Waals surface area contributed by atoms with Crippen molar-refractivity contribution < 1.29 is 18.3 Å². The standard InChI is InChI=1S/C16H19F2N5O2/c1-10-20-21-15-9-22(2)14(8-23(10)15)16(24)19-5-6-25-11-3-4-12(17)13(18)7-11/h3-4,7,14H,5-6,8-9H2,1-2H3,(H,19,24). The molecular weight excluding hydrogens is 332 g/mol. The first kappa shape index (κ1) is 17.3. The number of ether oxygens (including phenoxy) is 1. The summed E-state index contributed by atoms with van der Waals surface area (Å²) in [5.74, 6) is -0.189. The van der Waals surface area contributed by atoms with E-state index in [0.717, 1.165) is 23.8 Å². The van der Waals surface area contributed by atoms with Crippen molar-refractivity contribution in [3.05, 3.63) is 41.5 Å². The number of carbonyl (C=O) groups excluding carboxylic acids is 1. The molecule has 1 aromatic carbocycles. The SMILES string of the molecule is Cc1nnc2n1CC(C(=O)NCCOc1ccc(F)c(F)c1)N(C)C2. The van der Waals surface area contributed by atoms with E-state index in [9.17, 15) is 13.6 Å². The molecule has 1 N–H and O–H groups in total. The highest BCUT2D eigenvalue weighted by molar-refractivity contribution is 5.81. The van der Waals surface area contributed by atoms with Gasteiger partial charge in [0.05, 0.1) is 19.6 Å². The van der Waals surface area contributed by atoms with Crippen molar-refractivity contribution in [2.75, 3.05) is 20.2 Å². The Bertz CT molecular complexity index is 780. The zero-order valence-corrected chi connectivity index (χ0v) is 14.0. The van der Waals surface area contributed by atoms with Gasteiger partial charge < -0.3 is 14.6 Å². The minimum atomic E-state index is -0.967. The highest BCUT2D eigenvalue weighted by atomic mass is 19.2. The highest BCUT2D eigenvalue weighted by Crippen LogP contribution is 2.16. The molecule has 1 atom stereocenters. The van der Waals surface area contributed by atoms with Crippen LogP contribution in [-0.2, 0) is 17.9 Å². The van der Waals surface area contributed by atoms with E-state index in [2.05, 4.69) is 15.5 Å². The molecule has 0 fully saturated rings. The summed E-state index contributed by atoms with van der Waals surface area (Å²) in [4.78, 5) is 14.3. The lowest BCUT2D eigenvalue weighted by molar-refractivity contribution is -0.127. The maximum atomic E-state index is 13.1. The minimum Gasteiger partial charge on any atom is -0.492 e. The Hall–Kier alpha value is -2.55. The molecule has 0 aliphatic carbocycles. The molecule has 1 amide bonds. The molecule has 0 spiro atoms. The Labute approximate surface area is 143 Å². The maximum absolute atomic E-state index is 13.1. The van der Waals surface area contributed by atoms with Gasteiger partial charge in [0.15, 0.2) is 11.6 Å². The van der Waals surface area contributed by atoms with Crippen LogP contribution in [0, 0.1) is 18.6 Å². The number of aromatic nitrogens is 3. The molecule has 1 aromatic heterocycles. The van der Waals surface area contributed by atoms with Gasteiger partial charge in [-0.3, -0.25) is 9.69 Å². The van der Waals surface area contributed by atoms with Gasteiger partial charge in [0.2, 0.25) is 5.91 Å². The lowest BCUT2D eigenvalue weighted by Crippen LogP contribution is -2.51. The smallest absolute Gasteiger partial charge is 0.239 e. The third-order valence-corrected chi connectivity index (χ3v) is 4.15. The van der Waals surface area contributed by atoms with Crippen LogP contribution in [0.15, 0.2) is 18.2 Å². The van der Waals surface area contributed by atoms with Gasteiger partial charge in [-0.15, -0.1) is 10.2 Å². The van der Waals surface area contributed by atoms with Crippen molar-refractivity contribution >= 4 is 5.91 Å². The van der Waals surface area contributed by atoms with Gasteiger partial charge in [0, 0.05) is 6.07 Å². The normalized spacial score (nSPS) is 17.2. The first-order valence-corrected chi connectivity index (χ1v) is 7.90. The van der Waals surface area contributed by atoms with Crippen LogP contribution in [0.3, 0.4) is 0 Å². The Kier molecular flexibility index (Phi) is 4.93. The van der Waals surface area contributed by atoms with Crippen LogP contribution in [0.25, 0.3) is 0 Å². The zero-order valence-electron chi connectivity index (χ0n) is 14.0. The minimum absolute atomic E-state index is 0.130. The molecule has 0 saturated heterocycles. The van der Waals surface area contributed by atoms with E-state index in [0.29, 0.717) is 13.1 Å². The second kappa shape index (κ2) is 7.14. The number of amides is 1. The third-order valence-electron chi connectivity index (χ3n) is 4.15. The second-order valence-electron chi connectivity index (χ2n) is 5.92. The predicted molar refractivity (Wildman–Crippen MR) is 84.9 cm³/mol. The summed E-state index contributed by atoms with van der Waals surface area (Å²) in [5.41, 5.74) is 0. The van der Waals surface area contributed by atoms with Gasteiger partial charge >= 0.3 is 0 Å². The topological polar surface area (TPSA) is 72.3 Å². The Balaban J connectivity index is 1.49. The molecule has 0 bridgehead atoms. The molecular formula is C16H19F2N5O2. The number of aryl methyl sites for hydroxylation is 1. The third kappa shape index (κ3) is 3.76. The van der Waals surface area contributed by atoms with E-state index < -0.39 is 11.6 Å². The van der Waals surface area contributed by atoms with Crippen LogP contribution in [0.4, 0.5) is 8.78 Å². The highest BCUT2D eigenvalue weighted by Gasteiger charge is 2.30. The van der Waals surface area contributed by atoms with Gasteiger partial charge in [-0.2, -0.15) is 0 Å². The van der Waals surface area contributed by atoms with Crippen LogP contribution < -0.4 is 10.1 Å². The molecule has 2 aromatic rings. The molecule has 3 rings (SSSR count). The number of halogens is 2. The Morgan fingerprint density at radius 3 is 2.92 bits per heavy atom. The Morgan fingerprint density at radius 2 is 2.16 bits per heavy atom. The van der Waals surface area contributed by atoms with Crippen molar-refractivity contribution in [1.82, 2.24) is 25.0 Å². The van der Waals surface area contributed by atoms with E-state index in [1.807, 2.05) is 23.4 Å². The van der Waals surface area contributed by atoms with E-state index in [-0.39, 0.29) is 30.9 Å². The summed E-state index contributed by atoms with van der Waals surface area (Å²) in [6.45, 7) is 3.30. The van der Waals surface area contributed by atoms with Crippen LogP contribution in [0.1, 0.15) is 11.6 Å².